The number of carboxylic acid groups (broad SMARTS) is 1. The Hall–Kier alpha value is -1.73. The van der Waals surface area contributed by atoms with Gasteiger partial charge in [-0.2, -0.15) is 16.3 Å². The van der Waals surface area contributed by atoms with Crippen LogP contribution in [0.15, 0.2) is 21.3 Å². The van der Waals surface area contributed by atoms with E-state index in [1.54, 1.807) is 11.3 Å². The van der Waals surface area contributed by atoms with Gasteiger partial charge in [-0.15, -0.1) is 0 Å². The third-order valence-corrected chi connectivity index (χ3v) is 4.42. The third-order valence-electron chi connectivity index (χ3n) is 3.73. The van der Waals surface area contributed by atoms with Crippen LogP contribution in [-0.2, 0) is 11.3 Å². The van der Waals surface area contributed by atoms with Gasteiger partial charge in [0.2, 0.25) is 11.7 Å². The summed E-state index contributed by atoms with van der Waals surface area (Å²) in [7, 11) is 0. The van der Waals surface area contributed by atoms with Crippen molar-refractivity contribution in [2.24, 2.45) is 0 Å². The molecule has 0 spiro atoms. The van der Waals surface area contributed by atoms with E-state index in [9.17, 15) is 9.90 Å². The van der Waals surface area contributed by atoms with Crippen molar-refractivity contribution in [2.45, 2.75) is 38.3 Å². The lowest BCUT2D eigenvalue weighted by molar-refractivity contribution is -0.143. The SMILES string of the molecule is O=C(O)C1CCCCCN1Cc1nc(-c2ccsc2)no1. The second kappa shape index (κ2) is 6.36. The highest BCUT2D eigenvalue weighted by molar-refractivity contribution is 7.08. The molecule has 6 nitrogen and oxygen atoms in total. The summed E-state index contributed by atoms with van der Waals surface area (Å²) in [5.74, 6) is 0.270. The van der Waals surface area contributed by atoms with Crippen molar-refractivity contribution in [2.75, 3.05) is 6.54 Å². The summed E-state index contributed by atoms with van der Waals surface area (Å²) in [5, 5.41) is 17.2. The Bertz CT molecular complexity index is 596. The normalized spacial score (nSPS) is 20.3. The monoisotopic (exact) mass is 307 g/mol. The molecule has 1 aliphatic heterocycles. The fraction of sp³-hybridized carbons (Fsp3) is 0.500. The Morgan fingerprint density at radius 1 is 1.48 bits per heavy atom. The van der Waals surface area contributed by atoms with Crippen molar-refractivity contribution in [3.05, 3.63) is 22.7 Å². The predicted octanol–water partition coefficient (Wildman–Crippen LogP) is 2.63. The Morgan fingerprint density at radius 2 is 2.38 bits per heavy atom. The Kier molecular flexibility index (Phi) is 4.31. The highest BCUT2D eigenvalue weighted by atomic mass is 32.1. The van der Waals surface area contributed by atoms with Gasteiger partial charge in [-0.3, -0.25) is 9.69 Å². The molecule has 0 saturated carbocycles. The zero-order valence-corrected chi connectivity index (χ0v) is 12.4. The van der Waals surface area contributed by atoms with Gasteiger partial charge in [0.15, 0.2) is 0 Å². The van der Waals surface area contributed by atoms with Gasteiger partial charge >= 0.3 is 5.97 Å². The Labute approximate surface area is 126 Å². The van der Waals surface area contributed by atoms with Crippen molar-refractivity contribution in [3.8, 4) is 11.4 Å². The van der Waals surface area contributed by atoms with Crippen molar-refractivity contribution < 1.29 is 14.4 Å². The highest BCUT2D eigenvalue weighted by Gasteiger charge is 2.28. The average Bonchev–Trinajstić information content (AvgIpc) is 3.07. The Morgan fingerprint density at radius 3 is 3.14 bits per heavy atom. The van der Waals surface area contributed by atoms with Crippen molar-refractivity contribution in [3.63, 3.8) is 0 Å². The van der Waals surface area contributed by atoms with Crippen LogP contribution in [0.1, 0.15) is 31.6 Å². The van der Waals surface area contributed by atoms with Gasteiger partial charge in [0.1, 0.15) is 6.04 Å². The summed E-state index contributed by atoms with van der Waals surface area (Å²) in [6.45, 7) is 1.15. The van der Waals surface area contributed by atoms with Crippen LogP contribution < -0.4 is 0 Å². The van der Waals surface area contributed by atoms with E-state index in [0.29, 0.717) is 24.7 Å². The van der Waals surface area contributed by atoms with Gasteiger partial charge in [-0.25, -0.2) is 0 Å². The zero-order valence-electron chi connectivity index (χ0n) is 11.6. The smallest absolute Gasteiger partial charge is 0.320 e. The Balaban J connectivity index is 1.73. The molecule has 3 rings (SSSR count). The topological polar surface area (TPSA) is 79.5 Å². The minimum atomic E-state index is -0.769. The van der Waals surface area contributed by atoms with E-state index in [1.807, 2.05) is 21.7 Å². The zero-order chi connectivity index (χ0) is 14.7. The van der Waals surface area contributed by atoms with Crippen LogP contribution in [0, 0.1) is 0 Å². The molecule has 0 bridgehead atoms. The molecule has 1 unspecified atom stereocenters. The van der Waals surface area contributed by atoms with Gasteiger partial charge in [0, 0.05) is 10.9 Å². The summed E-state index contributed by atoms with van der Waals surface area (Å²) in [6, 6.07) is 1.48. The molecule has 21 heavy (non-hydrogen) atoms. The number of rotatable bonds is 4. The number of aliphatic carboxylic acids is 1. The van der Waals surface area contributed by atoms with Crippen LogP contribution in [0.25, 0.3) is 11.4 Å². The first-order chi connectivity index (χ1) is 10.2. The number of hydrogen-bond acceptors (Lipinski definition) is 6. The molecular weight excluding hydrogens is 290 g/mol. The molecule has 0 radical (unpaired) electrons. The van der Waals surface area contributed by atoms with Crippen molar-refractivity contribution in [1.82, 2.24) is 15.0 Å². The van der Waals surface area contributed by atoms with Crippen LogP contribution in [0.5, 0.6) is 0 Å². The summed E-state index contributed by atoms with van der Waals surface area (Å²) in [4.78, 5) is 17.7. The second-order valence-electron chi connectivity index (χ2n) is 5.20. The van der Waals surface area contributed by atoms with E-state index in [1.165, 1.54) is 0 Å². The summed E-state index contributed by atoms with van der Waals surface area (Å²) < 4.78 is 5.27. The quantitative estimate of drug-likeness (QED) is 0.935. The van der Waals surface area contributed by atoms with Crippen LogP contribution in [-0.4, -0.2) is 38.7 Å². The molecule has 112 valence electrons. The first-order valence-corrected chi connectivity index (χ1v) is 8.00. The van der Waals surface area contributed by atoms with E-state index in [4.69, 9.17) is 4.52 Å². The van der Waals surface area contributed by atoms with Crippen molar-refractivity contribution in [1.29, 1.82) is 0 Å². The second-order valence-corrected chi connectivity index (χ2v) is 5.98. The molecular formula is C14H17N3O3S. The number of thiophene rings is 1. The van der Waals surface area contributed by atoms with Gasteiger partial charge in [0.25, 0.3) is 0 Å². The maximum Gasteiger partial charge on any atom is 0.320 e. The first-order valence-electron chi connectivity index (χ1n) is 7.06. The number of carboxylic acids is 1. The molecule has 1 atom stereocenters. The maximum atomic E-state index is 11.4. The molecule has 0 aliphatic carbocycles. The number of aromatic nitrogens is 2. The van der Waals surface area contributed by atoms with Gasteiger partial charge in [0.05, 0.1) is 6.54 Å². The molecule has 1 N–H and O–H groups in total. The molecule has 1 saturated heterocycles. The lowest BCUT2D eigenvalue weighted by Gasteiger charge is -2.24. The lowest BCUT2D eigenvalue weighted by Crippen LogP contribution is -2.40. The third kappa shape index (κ3) is 3.30. The fourth-order valence-corrected chi connectivity index (χ4v) is 3.27. The summed E-state index contributed by atoms with van der Waals surface area (Å²) in [5.41, 5.74) is 0.931. The van der Waals surface area contributed by atoms with Gasteiger partial charge in [-0.1, -0.05) is 18.0 Å². The predicted molar refractivity (Wildman–Crippen MR) is 77.9 cm³/mol. The van der Waals surface area contributed by atoms with Crippen LogP contribution in [0.3, 0.4) is 0 Å². The van der Waals surface area contributed by atoms with Crippen LogP contribution in [0.4, 0.5) is 0 Å². The average molecular weight is 307 g/mol. The molecule has 0 amide bonds. The van der Waals surface area contributed by atoms with Gasteiger partial charge < -0.3 is 9.63 Å². The van der Waals surface area contributed by atoms with E-state index in [0.717, 1.165) is 31.4 Å². The summed E-state index contributed by atoms with van der Waals surface area (Å²) >= 11 is 1.58. The van der Waals surface area contributed by atoms with E-state index < -0.39 is 12.0 Å². The highest BCUT2D eigenvalue weighted by Crippen LogP contribution is 2.22. The minimum Gasteiger partial charge on any atom is -0.480 e. The summed E-state index contributed by atoms with van der Waals surface area (Å²) in [6.07, 6.45) is 3.72. The number of hydrogen-bond donors (Lipinski definition) is 1. The largest absolute Gasteiger partial charge is 0.480 e. The first kappa shape index (κ1) is 14.2. The molecule has 1 aliphatic rings. The molecule has 7 heteroatoms. The number of carbonyl (C=O) groups is 1. The van der Waals surface area contributed by atoms with Crippen molar-refractivity contribution >= 4 is 17.3 Å². The molecule has 2 aromatic heterocycles. The molecule has 2 aromatic rings. The molecule has 0 aromatic carbocycles. The molecule has 1 fully saturated rings. The molecule has 3 heterocycles. The van der Waals surface area contributed by atoms with E-state index in [2.05, 4.69) is 10.1 Å². The van der Waals surface area contributed by atoms with Crippen LogP contribution >= 0.6 is 11.3 Å². The fourth-order valence-electron chi connectivity index (χ4n) is 2.64. The van der Waals surface area contributed by atoms with E-state index in [-0.39, 0.29) is 0 Å². The van der Waals surface area contributed by atoms with Gasteiger partial charge in [-0.05, 0) is 30.8 Å². The van der Waals surface area contributed by atoms with Crippen LogP contribution in [0.2, 0.25) is 0 Å². The maximum absolute atomic E-state index is 11.4. The van der Waals surface area contributed by atoms with E-state index >= 15 is 0 Å². The lowest BCUT2D eigenvalue weighted by atomic mass is 10.1. The number of nitrogens with zero attached hydrogens (tertiary/aromatic N) is 3. The number of likely N-dealkylation sites (tertiary alicyclic amines) is 1. The minimum absolute atomic E-state index is 0.397. The standard InChI is InChI=1S/C14H17N3O3S/c18-14(19)11-4-2-1-3-6-17(11)8-12-15-13(16-20-12)10-5-7-21-9-10/h5,7,9,11H,1-4,6,8H2,(H,18,19).